The Morgan fingerprint density at radius 3 is 2.14 bits per heavy atom. The van der Waals surface area contributed by atoms with Gasteiger partial charge in [-0.25, -0.2) is 15.6 Å². The maximum Gasteiger partial charge on any atom is 0.326 e. The molecule has 2 aliphatic rings. The highest BCUT2D eigenvalue weighted by Crippen LogP contribution is 2.26. The third-order valence-corrected chi connectivity index (χ3v) is 12.3. The third kappa shape index (κ3) is 18.1. The number of hydrogen-bond acceptors (Lipinski definition) is 14. The second-order valence-corrected chi connectivity index (χ2v) is 17.8. The van der Waals surface area contributed by atoms with Crippen molar-refractivity contribution in [2.45, 2.75) is 139 Å². The van der Waals surface area contributed by atoms with E-state index in [0.717, 1.165) is 5.56 Å². The summed E-state index contributed by atoms with van der Waals surface area (Å²) in [5, 5.41) is 33.9. The number of likely N-dealkylation sites (tertiary alicyclic amines) is 2. The molecular weight excluding hydrogens is 921 g/mol. The van der Waals surface area contributed by atoms with Gasteiger partial charge in [-0.2, -0.15) is 0 Å². The number of nitrogens with one attached hydrogen (secondary N) is 6. The van der Waals surface area contributed by atoms with E-state index in [9.17, 15) is 48.6 Å². The number of aliphatic imine (C=N–C) groups is 1. The van der Waals surface area contributed by atoms with E-state index in [1.807, 2.05) is 30.3 Å². The average molecular weight is 993 g/mol. The number of amides is 7. The van der Waals surface area contributed by atoms with Crippen molar-refractivity contribution >= 4 is 59.1 Å². The molecule has 2 aromatic rings. The van der Waals surface area contributed by atoms with Crippen molar-refractivity contribution in [2.24, 2.45) is 28.0 Å². The number of aliphatic carboxylic acids is 1. The number of nitrogens with zero attached hydrogens (tertiary/aromatic N) is 4. The Kier molecular flexibility index (Phi) is 23.4. The van der Waals surface area contributed by atoms with Gasteiger partial charge >= 0.3 is 5.97 Å². The molecule has 71 heavy (non-hydrogen) atoms. The number of nitrogen functional groups attached to an aromatic ring is 1. The van der Waals surface area contributed by atoms with Crippen LogP contribution in [-0.2, 0) is 40.0 Å². The van der Waals surface area contributed by atoms with Crippen LogP contribution in [0.1, 0.15) is 106 Å². The Balaban J connectivity index is 1.30. The normalized spacial score (nSPS) is 17.4. The molecule has 7 atom stereocenters. The van der Waals surface area contributed by atoms with E-state index >= 15 is 0 Å². The first kappa shape index (κ1) is 56.7. The molecule has 16 N–H and O–H groups in total. The Morgan fingerprint density at radius 1 is 0.789 bits per heavy atom. The summed E-state index contributed by atoms with van der Waals surface area (Å²) in [6, 6.07) is 5.69. The minimum atomic E-state index is -1.42. The van der Waals surface area contributed by atoms with Crippen molar-refractivity contribution in [3.8, 4) is 0 Å². The standard InChI is InChI=1S/C47H72N14O10/c1-29(62)39(58-38(63)19-6-3-9-23-52-41(65)34(27-30-13-4-2-5-14-30)57-40(64)31-20-21-37(59-51)54-28-31)43(67)55-32(15-7-8-22-48)44(68)61-26-12-18-36(61)45(69)60-25-11-17-35(60)42(66)56-33(46(70)71)16-10-24-53-47(49)50/h2,4-5,13-14,20-21,28-29,32-36,39,62H,3,6-12,15-19,22-27,48,51H2,1H3,(H,52,65)(H,54,59)(H,55,67)(H,56,66)(H,57,64)(H,58,63)(H,70,71)(H4,49,50,53)/t29?,32-,33+,34-,35-,36-,39-/m0/s1. The van der Waals surface area contributed by atoms with Crippen molar-refractivity contribution in [3.63, 3.8) is 0 Å². The highest BCUT2D eigenvalue weighted by atomic mass is 16.4. The van der Waals surface area contributed by atoms with Crippen molar-refractivity contribution in [3.05, 3.63) is 59.8 Å². The van der Waals surface area contributed by atoms with E-state index in [1.165, 1.54) is 35.1 Å². The topological polar surface area (TPSA) is 385 Å². The number of hydrogen-bond donors (Lipinski definition) is 12. The number of carboxylic acids is 1. The van der Waals surface area contributed by atoms with Gasteiger partial charge in [0.05, 0.1) is 11.7 Å². The molecule has 0 bridgehead atoms. The predicted octanol–water partition coefficient (Wildman–Crippen LogP) is -1.53. The SMILES string of the molecule is CC(O)[C@H](NC(=O)CCCCCNC(=O)[C@H](Cc1ccccc1)NC(=O)c1ccc(NN)nc1)C(=O)N[C@@H](CCCCN)C(=O)N1CCC[C@H]1C(=O)N1CCC[C@H]1C(=O)N[C@H](CCCN=C(N)N)C(=O)O. The van der Waals surface area contributed by atoms with Gasteiger partial charge in [0.25, 0.3) is 5.91 Å². The Labute approximate surface area is 413 Å². The van der Waals surface area contributed by atoms with E-state index in [-0.39, 0.29) is 69.8 Å². The van der Waals surface area contributed by atoms with Crippen LogP contribution in [0.25, 0.3) is 0 Å². The molecular formula is C47H72N14O10. The number of carbonyl (C=O) groups is 8. The number of unbranched alkanes of at least 4 members (excludes halogenated alkanes) is 3. The Hall–Kier alpha value is -6.92. The first-order valence-electron chi connectivity index (χ1n) is 24.3. The fourth-order valence-corrected chi connectivity index (χ4v) is 8.51. The molecule has 1 unspecified atom stereocenters. The molecule has 3 heterocycles. The second-order valence-electron chi connectivity index (χ2n) is 17.8. The summed E-state index contributed by atoms with van der Waals surface area (Å²) in [5.41, 5.74) is 19.9. The van der Waals surface area contributed by atoms with Crippen LogP contribution in [0.15, 0.2) is 53.7 Å². The number of nitrogens with two attached hydrogens (primary N) is 4. The molecule has 1 aromatic carbocycles. The smallest absolute Gasteiger partial charge is 0.326 e. The molecule has 7 amide bonds. The van der Waals surface area contributed by atoms with Crippen molar-refractivity contribution in [2.75, 3.05) is 38.1 Å². The number of anilines is 1. The zero-order chi connectivity index (χ0) is 51.9. The number of aromatic nitrogens is 1. The van der Waals surface area contributed by atoms with Crippen LogP contribution >= 0.6 is 0 Å². The summed E-state index contributed by atoms with van der Waals surface area (Å²) >= 11 is 0. The van der Waals surface area contributed by atoms with Crippen molar-refractivity contribution < 1.29 is 48.6 Å². The third-order valence-electron chi connectivity index (χ3n) is 12.3. The van der Waals surface area contributed by atoms with Gasteiger partial charge in [0.2, 0.25) is 35.4 Å². The lowest BCUT2D eigenvalue weighted by atomic mass is 10.0. The summed E-state index contributed by atoms with van der Waals surface area (Å²) in [6.45, 7) is 2.51. The first-order chi connectivity index (χ1) is 34.0. The number of benzene rings is 1. The largest absolute Gasteiger partial charge is 0.480 e. The van der Waals surface area contributed by atoms with Gasteiger partial charge in [-0.3, -0.25) is 38.6 Å². The average Bonchev–Trinajstić information content (AvgIpc) is 4.06. The van der Waals surface area contributed by atoms with Crippen LogP contribution in [0, 0.1) is 0 Å². The van der Waals surface area contributed by atoms with E-state index in [2.05, 4.69) is 42.0 Å². The summed E-state index contributed by atoms with van der Waals surface area (Å²) in [6.07, 6.45) is 4.63. The minimum Gasteiger partial charge on any atom is -0.480 e. The van der Waals surface area contributed by atoms with Crippen LogP contribution in [0.5, 0.6) is 0 Å². The van der Waals surface area contributed by atoms with Gasteiger partial charge < -0.3 is 69.2 Å². The molecule has 2 fully saturated rings. The summed E-state index contributed by atoms with van der Waals surface area (Å²) in [5.74, 6) is 0.513. The van der Waals surface area contributed by atoms with E-state index in [1.54, 1.807) is 0 Å². The molecule has 1 aromatic heterocycles. The molecule has 0 spiro atoms. The van der Waals surface area contributed by atoms with Gasteiger partial charge in [0, 0.05) is 45.2 Å². The number of carbonyl (C=O) groups excluding carboxylic acids is 7. The molecule has 390 valence electrons. The molecule has 24 heteroatoms. The summed E-state index contributed by atoms with van der Waals surface area (Å²) in [7, 11) is 0. The molecule has 0 saturated carbocycles. The number of hydrazine groups is 1. The molecule has 0 radical (unpaired) electrons. The highest BCUT2D eigenvalue weighted by Gasteiger charge is 2.44. The van der Waals surface area contributed by atoms with E-state index < -0.39 is 89.7 Å². The van der Waals surface area contributed by atoms with Crippen LogP contribution in [0.3, 0.4) is 0 Å². The fourth-order valence-electron chi connectivity index (χ4n) is 8.51. The number of aliphatic hydroxyl groups is 1. The number of pyridine rings is 1. The maximum atomic E-state index is 14.3. The van der Waals surface area contributed by atoms with Crippen LogP contribution < -0.4 is 55.1 Å². The second kappa shape index (κ2) is 29.3. The first-order valence-corrected chi connectivity index (χ1v) is 24.3. The number of carboxylic acid groups (broad SMARTS) is 1. The van der Waals surface area contributed by atoms with Gasteiger partial charge in [-0.15, -0.1) is 0 Å². The lowest BCUT2D eigenvalue weighted by Gasteiger charge is -2.33. The van der Waals surface area contributed by atoms with Gasteiger partial charge in [0.15, 0.2) is 5.96 Å². The Bertz CT molecular complexity index is 2130. The fraction of sp³-hybridized carbons (Fsp3) is 0.574. The van der Waals surface area contributed by atoms with Crippen molar-refractivity contribution in [1.82, 2.24) is 41.4 Å². The number of rotatable bonds is 29. The van der Waals surface area contributed by atoms with Gasteiger partial charge in [-0.1, -0.05) is 36.8 Å². The van der Waals surface area contributed by atoms with E-state index in [4.69, 9.17) is 23.0 Å². The van der Waals surface area contributed by atoms with Gasteiger partial charge in [0.1, 0.15) is 42.1 Å². The molecule has 4 rings (SSSR count). The monoisotopic (exact) mass is 993 g/mol. The lowest BCUT2D eigenvalue weighted by molar-refractivity contribution is -0.149. The molecule has 24 nitrogen and oxygen atoms in total. The van der Waals surface area contributed by atoms with Crippen LogP contribution in [0.4, 0.5) is 5.82 Å². The minimum absolute atomic E-state index is 0.00796. The zero-order valence-corrected chi connectivity index (χ0v) is 40.4. The molecule has 2 aliphatic heterocycles. The van der Waals surface area contributed by atoms with E-state index in [0.29, 0.717) is 70.2 Å². The lowest BCUT2D eigenvalue weighted by Crippen LogP contribution is -2.59. The van der Waals surface area contributed by atoms with Crippen molar-refractivity contribution in [1.29, 1.82) is 0 Å². The number of aliphatic hydroxyl groups excluding tert-OH is 1. The van der Waals surface area contributed by atoms with Crippen LogP contribution in [-0.4, -0.2) is 153 Å². The molecule has 0 aliphatic carbocycles. The zero-order valence-electron chi connectivity index (χ0n) is 40.4. The predicted molar refractivity (Wildman–Crippen MR) is 262 cm³/mol. The maximum absolute atomic E-state index is 14.3. The highest BCUT2D eigenvalue weighted by molar-refractivity contribution is 5.98. The summed E-state index contributed by atoms with van der Waals surface area (Å²) in [4.78, 5) is 118. The number of guanidine groups is 1. The summed E-state index contributed by atoms with van der Waals surface area (Å²) < 4.78 is 0. The molecule has 2 saturated heterocycles. The Morgan fingerprint density at radius 2 is 1.49 bits per heavy atom. The van der Waals surface area contributed by atoms with Crippen LogP contribution in [0.2, 0.25) is 0 Å². The quantitative estimate of drug-likeness (QED) is 0.0145. The van der Waals surface area contributed by atoms with Gasteiger partial charge in [-0.05, 0) is 102 Å².